The lowest BCUT2D eigenvalue weighted by atomic mass is 9.56. The Balaban J connectivity index is 1.62. The zero-order valence-electron chi connectivity index (χ0n) is 30.1. The van der Waals surface area contributed by atoms with Crippen molar-refractivity contribution in [2.75, 3.05) is 52.2 Å². The molecular formula is C39H52N2O9S. The number of benzene rings is 2. The monoisotopic (exact) mass is 724 g/mol. The molecule has 51 heavy (non-hydrogen) atoms. The Morgan fingerprint density at radius 3 is 2.51 bits per heavy atom. The molecule has 1 amide bonds. The predicted molar refractivity (Wildman–Crippen MR) is 199 cm³/mol. The number of hydrogen-bond donors (Lipinski definition) is 3. The first kappa shape index (κ1) is 38.5. The van der Waals surface area contributed by atoms with E-state index in [0.29, 0.717) is 54.6 Å². The normalized spacial score (nSPS) is 25.5. The summed E-state index contributed by atoms with van der Waals surface area (Å²) in [5, 5.41) is 26.7. The second-order valence-electron chi connectivity index (χ2n) is 13.0. The number of carbonyl (C=O) groups excluding carboxylic acids is 1. The van der Waals surface area contributed by atoms with Crippen LogP contribution in [0.2, 0.25) is 0 Å². The lowest BCUT2D eigenvalue weighted by Gasteiger charge is -2.58. The molecule has 2 aromatic carbocycles. The van der Waals surface area contributed by atoms with E-state index in [0.717, 1.165) is 48.3 Å². The fourth-order valence-corrected chi connectivity index (χ4v) is 9.17. The molecule has 0 aromatic heterocycles. The Kier molecular flexibility index (Phi) is 13.7. The average Bonchev–Trinajstić information content (AvgIpc) is 3.13. The van der Waals surface area contributed by atoms with Gasteiger partial charge in [-0.3, -0.25) is 5.32 Å². The van der Waals surface area contributed by atoms with E-state index in [1.165, 1.54) is 7.11 Å². The number of methoxy groups -OCH3 is 2. The number of allylic oxidation sites excluding steroid dienone is 1. The van der Waals surface area contributed by atoms with E-state index in [2.05, 4.69) is 30.1 Å². The van der Waals surface area contributed by atoms with E-state index in [9.17, 15) is 15.0 Å². The maximum absolute atomic E-state index is 13.3. The molecule has 6 atom stereocenters. The number of amides is 1. The van der Waals surface area contributed by atoms with Crippen LogP contribution in [-0.2, 0) is 9.57 Å². The molecule has 1 aliphatic heterocycles. The van der Waals surface area contributed by atoms with Crippen molar-refractivity contribution >= 4 is 29.3 Å². The van der Waals surface area contributed by atoms with Crippen LogP contribution >= 0.6 is 11.8 Å². The number of aliphatic hydroxyl groups is 2. The van der Waals surface area contributed by atoms with Crippen LogP contribution in [-0.4, -0.2) is 80.0 Å². The number of hydrogen-bond acceptors (Lipinski definition) is 11. The molecule has 0 saturated heterocycles. The van der Waals surface area contributed by atoms with Gasteiger partial charge in [-0.25, -0.2) is 4.79 Å². The van der Waals surface area contributed by atoms with E-state index in [4.69, 9.17) is 28.5 Å². The number of unbranched alkanes of at least 4 members (excludes halogenated alkanes) is 2. The number of fused-ring (bicyclic) bond motifs is 2. The van der Waals surface area contributed by atoms with Crippen LogP contribution in [0.5, 0.6) is 23.0 Å². The number of ether oxygens (including phenoxy) is 5. The average molecular weight is 725 g/mol. The summed E-state index contributed by atoms with van der Waals surface area (Å²) in [4.78, 5) is 18.7. The van der Waals surface area contributed by atoms with Crippen molar-refractivity contribution < 1.29 is 43.5 Å². The van der Waals surface area contributed by atoms with Crippen molar-refractivity contribution in [3.8, 4) is 23.0 Å². The molecule has 3 N–H and O–H groups in total. The maximum atomic E-state index is 13.3. The van der Waals surface area contributed by atoms with E-state index in [1.807, 2.05) is 12.1 Å². The number of aliphatic hydroxyl groups excluding tert-OH is 2. The van der Waals surface area contributed by atoms with Gasteiger partial charge in [0.15, 0.2) is 0 Å². The Bertz CT molecular complexity index is 1570. The second kappa shape index (κ2) is 18.2. The first-order valence-electron chi connectivity index (χ1n) is 17.8. The fourth-order valence-electron chi connectivity index (χ4n) is 8.00. The van der Waals surface area contributed by atoms with Gasteiger partial charge < -0.3 is 38.7 Å². The summed E-state index contributed by atoms with van der Waals surface area (Å²) in [5.74, 6) is 1.84. The van der Waals surface area contributed by atoms with Crippen molar-refractivity contribution in [1.29, 1.82) is 0 Å². The topological polar surface area (TPSA) is 137 Å². The van der Waals surface area contributed by atoms with Gasteiger partial charge in [0, 0.05) is 37.2 Å². The lowest BCUT2D eigenvalue weighted by molar-refractivity contribution is -0.223. The molecular weight excluding hydrogens is 673 g/mol. The third kappa shape index (κ3) is 8.35. The SMILES string of the molecule is C=CCO[C@@]12Oc3ccc(OC(=O)Nc4ccc(OC)cc4OC)cc3[C@H]3[C@H](CCCCO)[C@@H](CCCCO)C=C(C(=NOC)C[C@@H]1SCC)[C@H]32. The molecule has 12 heteroatoms. The Morgan fingerprint density at radius 1 is 1.06 bits per heavy atom. The minimum Gasteiger partial charge on any atom is -0.497 e. The third-order valence-corrected chi connectivity index (χ3v) is 11.3. The van der Waals surface area contributed by atoms with Gasteiger partial charge in [0.1, 0.15) is 30.1 Å². The summed E-state index contributed by atoms with van der Waals surface area (Å²) < 4.78 is 30.6. The minimum absolute atomic E-state index is 0.0978. The zero-order chi connectivity index (χ0) is 36.4. The minimum atomic E-state index is -1.03. The molecule has 3 aliphatic rings. The first-order chi connectivity index (χ1) is 24.9. The van der Waals surface area contributed by atoms with Gasteiger partial charge in [-0.05, 0) is 79.2 Å². The van der Waals surface area contributed by atoms with Crippen LogP contribution < -0.4 is 24.3 Å². The predicted octanol–water partition coefficient (Wildman–Crippen LogP) is 7.33. The zero-order valence-corrected chi connectivity index (χ0v) is 30.9. The molecule has 11 nitrogen and oxygen atoms in total. The van der Waals surface area contributed by atoms with Crippen LogP contribution in [0, 0.1) is 17.8 Å². The summed E-state index contributed by atoms with van der Waals surface area (Å²) in [7, 11) is 4.66. The highest BCUT2D eigenvalue weighted by atomic mass is 32.2. The quantitative estimate of drug-likeness (QED) is 0.0814. The van der Waals surface area contributed by atoms with Gasteiger partial charge in [-0.1, -0.05) is 37.1 Å². The molecule has 2 aliphatic carbocycles. The van der Waals surface area contributed by atoms with E-state index in [-0.39, 0.29) is 42.1 Å². The summed E-state index contributed by atoms with van der Waals surface area (Å²) in [5.41, 5.74) is 3.30. The number of carbonyl (C=O) groups is 1. The smallest absolute Gasteiger partial charge is 0.417 e. The number of anilines is 1. The number of nitrogens with one attached hydrogen (secondary N) is 1. The summed E-state index contributed by atoms with van der Waals surface area (Å²) in [6.07, 6.45) is 8.88. The Morgan fingerprint density at radius 2 is 1.82 bits per heavy atom. The van der Waals surface area contributed by atoms with Crippen molar-refractivity contribution in [2.45, 2.75) is 68.8 Å². The van der Waals surface area contributed by atoms with Gasteiger partial charge in [-0.2, -0.15) is 11.8 Å². The highest BCUT2D eigenvalue weighted by molar-refractivity contribution is 8.00. The highest BCUT2D eigenvalue weighted by Gasteiger charge is 2.63. The first-order valence-corrected chi connectivity index (χ1v) is 18.9. The molecule has 0 spiro atoms. The Hall–Kier alpha value is -3.71. The summed E-state index contributed by atoms with van der Waals surface area (Å²) in [6, 6.07) is 10.6. The van der Waals surface area contributed by atoms with Crippen molar-refractivity contribution in [2.24, 2.45) is 22.9 Å². The molecule has 1 fully saturated rings. The number of oxime groups is 1. The number of thioether (sulfide) groups is 1. The largest absolute Gasteiger partial charge is 0.497 e. The lowest BCUT2D eigenvalue weighted by Crippen LogP contribution is -2.64. The van der Waals surface area contributed by atoms with E-state index >= 15 is 0 Å². The molecule has 278 valence electrons. The third-order valence-electron chi connectivity index (χ3n) is 10.0. The summed E-state index contributed by atoms with van der Waals surface area (Å²) >= 11 is 1.78. The van der Waals surface area contributed by atoms with E-state index in [1.54, 1.807) is 56.3 Å². The molecule has 5 rings (SSSR count). The summed E-state index contributed by atoms with van der Waals surface area (Å²) in [6.45, 7) is 6.65. The van der Waals surface area contributed by atoms with E-state index < -0.39 is 11.9 Å². The molecule has 2 aromatic rings. The van der Waals surface area contributed by atoms with Crippen LogP contribution in [0.3, 0.4) is 0 Å². The maximum Gasteiger partial charge on any atom is 0.417 e. The van der Waals surface area contributed by atoms with Gasteiger partial charge in [-0.15, -0.1) is 6.58 Å². The molecule has 1 saturated carbocycles. The van der Waals surface area contributed by atoms with Gasteiger partial charge in [0.05, 0.1) is 43.4 Å². The van der Waals surface area contributed by atoms with Crippen LogP contribution in [0.1, 0.15) is 63.4 Å². The second-order valence-corrected chi connectivity index (χ2v) is 14.4. The van der Waals surface area contributed by atoms with Crippen molar-refractivity contribution in [3.63, 3.8) is 0 Å². The standard InChI is InChI=1S/C39H52N2O9S/c1-6-20-48-39-35(51-7-2)24-32(41-47-5)29-21-25(12-8-10-18-42)28(13-9-11-19-43)36(37(29)39)30-22-27(15-17-33(30)50-39)49-38(44)40-31-16-14-26(45-3)23-34(31)46-4/h6,14-17,21-23,25,28,35-37,42-43H,1,7-13,18-20,24H2,2-5H3,(H,40,44)/t25-,28+,35-,36+,37+,39+/m0/s1. The number of rotatable bonds is 18. The number of nitrogens with zero attached hydrogens (tertiary/aromatic N) is 1. The highest BCUT2D eigenvalue weighted by Crippen LogP contribution is 2.62. The van der Waals surface area contributed by atoms with Crippen LogP contribution in [0.25, 0.3) is 0 Å². The Labute approximate surface area is 305 Å². The van der Waals surface area contributed by atoms with Crippen LogP contribution in [0.4, 0.5) is 10.5 Å². The molecule has 0 unspecified atom stereocenters. The van der Waals surface area contributed by atoms with Crippen molar-refractivity contribution in [3.05, 3.63) is 66.3 Å². The van der Waals surface area contributed by atoms with Gasteiger partial charge in [0.2, 0.25) is 5.79 Å². The fraction of sp³-hybridized carbons (Fsp3) is 0.538. The van der Waals surface area contributed by atoms with Crippen LogP contribution in [0.15, 0.2) is 65.9 Å². The van der Waals surface area contributed by atoms with Gasteiger partial charge >= 0.3 is 6.09 Å². The molecule has 0 bridgehead atoms. The van der Waals surface area contributed by atoms with Crippen molar-refractivity contribution in [1.82, 2.24) is 0 Å². The molecule has 1 heterocycles. The molecule has 0 radical (unpaired) electrons. The van der Waals surface area contributed by atoms with Gasteiger partial charge in [0.25, 0.3) is 0 Å².